The van der Waals surface area contributed by atoms with Gasteiger partial charge in [-0.05, 0) is 50.9 Å². The predicted molar refractivity (Wildman–Crippen MR) is 93.0 cm³/mol. The third kappa shape index (κ3) is 3.49. The highest BCUT2D eigenvalue weighted by molar-refractivity contribution is 6.22. The van der Waals surface area contributed by atoms with Crippen molar-refractivity contribution in [2.75, 3.05) is 24.6 Å². The number of anilines is 1. The third-order valence-electron chi connectivity index (χ3n) is 4.98. The van der Waals surface area contributed by atoms with Crippen LogP contribution in [0.2, 0.25) is 0 Å². The van der Waals surface area contributed by atoms with Crippen LogP contribution in [0.15, 0.2) is 18.2 Å². The smallest absolute Gasteiger partial charge is 0.310 e. The van der Waals surface area contributed by atoms with E-state index in [1.54, 1.807) is 19.9 Å². The van der Waals surface area contributed by atoms with Gasteiger partial charge < -0.3 is 4.74 Å². The van der Waals surface area contributed by atoms with Gasteiger partial charge in [0.1, 0.15) is 5.82 Å². The highest BCUT2D eigenvalue weighted by atomic mass is 19.1. The van der Waals surface area contributed by atoms with Crippen LogP contribution < -0.4 is 4.90 Å². The minimum Gasteiger partial charge on any atom is -0.466 e. The number of benzene rings is 1. The predicted octanol–water partition coefficient (Wildman–Crippen LogP) is 2.04. The zero-order valence-corrected chi connectivity index (χ0v) is 15.0. The molecule has 3 rings (SSSR count). The van der Waals surface area contributed by atoms with E-state index in [2.05, 4.69) is 0 Å². The van der Waals surface area contributed by atoms with E-state index in [1.807, 2.05) is 4.90 Å². The van der Waals surface area contributed by atoms with Crippen molar-refractivity contribution in [3.8, 4) is 0 Å². The minimum absolute atomic E-state index is 0.00168. The summed E-state index contributed by atoms with van der Waals surface area (Å²) in [5.74, 6) is -1.99. The molecule has 0 aromatic heterocycles. The van der Waals surface area contributed by atoms with Gasteiger partial charge in [0.05, 0.1) is 30.7 Å². The van der Waals surface area contributed by atoms with Crippen LogP contribution in [0.4, 0.5) is 10.1 Å². The molecule has 0 spiro atoms. The average Bonchev–Trinajstić information content (AvgIpc) is 2.90. The number of piperidine rings is 1. The first-order valence-corrected chi connectivity index (χ1v) is 8.96. The van der Waals surface area contributed by atoms with Crippen LogP contribution in [0.5, 0.6) is 0 Å². The quantitative estimate of drug-likeness (QED) is 0.606. The molecule has 26 heavy (non-hydrogen) atoms. The van der Waals surface area contributed by atoms with Crippen LogP contribution in [0.3, 0.4) is 0 Å². The van der Waals surface area contributed by atoms with Crippen molar-refractivity contribution >= 4 is 23.5 Å². The van der Waals surface area contributed by atoms with Crippen LogP contribution >= 0.6 is 0 Å². The fourth-order valence-corrected chi connectivity index (χ4v) is 3.69. The molecule has 2 aliphatic heterocycles. The molecule has 0 N–H and O–H groups in total. The Morgan fingerprint density at radius 2 is 2.12 bits per heavy atom. The first-order chi connectivity index (χ1) is 12.4. The third-order valence-corrected chi connectivity index (χ3v) is 4.98. The van der Waals surface area contributed by atoms with Crippen LogP contribution in [0.25, 0.3) is 0 Å². The second kappa shape index (κ2) is 7.53. The summed E-state index contributed by atoms with van der Waals surface area (Å²) in [7, 11) is 0. The summed E-state index contributed by atoms with van der Waals surface area (Å²) in [5, 5.41) is 0. The molecule has 1 aromatic carbocycles. The van der Waals surface area contributed by atoms with Gasteiger partial charge in [0, 0.05) is 6.54 Å². The number of rotatable bonds is 4. The van der Waals surface area contributed by atoms with E-state index in [-0.39, 0.29) is 24.0 Å². The maximum atomic E-state index is 14.3. The van der Waals surface area contributed by atoms with Crippen molar-refractivity contribution in [1.29, 1.82) is 0 Å². The van der Waals surface area contributed by atoms with Gasteiger partial charge in [0.15, 0.2) is 0 Å². The van der Waals surface area contributed by atoms with Gasteiger partial charge in [-0.2, -0.15) is 0 Å². The van der Waals surface area contributed by atoms with E-state index in [9.17, 15) is 18.8 Å². The molecule has 6 nitrogen and oxygen atoms in total. The molecule has 0 aliphatic carbocycles. The van der Waals surface area contributed by atoms with Gasteiger partial charge in [-0.1, -0.05) is 6.07 Å². The molecule has 0 bridgehead atoms. The number of aryl methyl sites for hydroxylation is 1. The number of likely N-dealkylation sites (tertiary alicyclic amines) is 1. The molecule has 2 unspecified atom stereocenters. The lowest BCUT2D eigenvalue weighted by atomic mass is 9.96. The Kier molecular flexibility index (Phi) is 5.36. The fraction of sp³-hybridized carbons (Fsp3) is 0.526. The van der Waals surface area contributed by atoms with Crippen molar-refractivity contribution in [3.05, 3.63) is 29.6 Å². The minimum atomic E-state index is -0.652. The molecule has 2 aliphatic rings. The lowest BCUT2D eigenvalue weighted by Gasteiger charge is -2.34. The number of hydrogen-bond acceptors (Lipinski definition) is 5. The average molecular weight is 362 g/mol. The molecular formula is C19H23FN2O4. The standard InChI is InChI=1S/C19H23FN2O4/c1-3-26-19(25)13-5-4-8-21(11-13)16-10-17(23)22(18(16)24)15-7-6-12(2)9-14(15)20/h6-7,9,13,16H,3-5,8,10-11H2,1-2H3. The highest BCUT2D eigenvalue weighted by Crippen LogP contribution is 2.30. The number of halogens is 1. The zero-order valence-electron chi connectivity index (χ0n) is 15.0. The number of carbonyl (C=O) groups is 3. The van der Waals surface area contributed by atoms with Crippen LogP contribution in [0.1, 0.15) is 31.7 Å². The topological polar surface area (TPSA) is 66.9 Å². The molecule has 2 saturated heterocycles. The first kappa shape index (κ1) is 18.5. The summed E-state index contributed by atoms with van der Waals surface area (Å²) < 4.78 is 19.3. The Labute approximate surface area is 151 Å². The summed E-state index contributed by atoms with van der Waals surface area (Å²) in [6.45, 7) is 4.82. The van der Waals surface area contributed by atoms with Crippen molar-refractivity contribution < 1.29 is 23.5 Å². The molecule has 0 radical (unpaired) electrons. The van der Waals surface area contributed by atoms with E-state index in [0.717, 1.165) is 16.9 Å². The van der Waals surface area contributed by atoms with E-state index in [1.165, 1.54) is 12.1 Å². The number of ether oxygens (including phenoxy) is 1. The molecular weight excluding hydrogens is 339 g/mol. The maximum absolute atomic E-state index is 14.3. The fourth-order valence-electron chi connectivity index (χ4n) is 3.69. The van der Waals surface area contributed by atoms with Crippen molar-refractivity contribution in [3.63, 3.8) is 0 Å². The van der Waals surface area contributed by atoms with E-state index in [0.29, 0.717) is 26.1 Å². The number of nitrogens with zero attached hydrogens (tertiary/aromatic N) is 2. The van der Waals surface area contributed by atoms with Gasteiger partial charge in [-0.25, -0.2) is 9.29 Å². The number of amides is 2. The van der Waals surface area contributed by atoms with E-state index < -0.39 is 23.7 Å². The van der Waals surface area contributed by atoms with E-state index >= 15 is 0 Å². The zero-order chi connectivity index (χ0) is 18.8. The summed E-state index contributed by atoms with van der Waals surface area (Å²) in [4.78, 5) is 40.1. The SMILES string of the molecule is CCOC(=O)C1CCCN(C2CC(=O)N(c3ccc(C)cc3F)C2=O)C1. The molecule has 1 aromatic rings. The Bertz CT molecular complexity index is 736. The Hall–Kier alpha value is -2.28. The molecule has 0 saturated carbocycles. The van der Waals surface area contributed by atoms with Crippen LogP contribution in [-0.4, -0.2) is 48.4 Å². The van der Waals surface area contributed by atoms with E-state index in [4.69, 9.17) is 4.74 Å². The largest absolute Gasteiger partial charge is 0.466 e. The normalized spacial score (nSPS) is 24.2. The summed E-state index contributed by atoms with van der Waals surface area (Å²) in [6, 6.07) is 3.78. The van der Waals surface area contributed by atoms with Crippen molar-refractivity contribution in [2.24, 2.45) is 5.92 Å². The van der Waals surface area contributed by atoms with Crippen molar-refractivity contribution in [2.45, 2.75) is 39.2 Å². The molecule has 2 heterocycles. The number of imide groups is 1. The summed E-state index contributed by atoms with van der Waals surface area (Å²) in [5.41, 5.74) is 0.710. The monoisotopic (exact) mass is 362 g/mol. The Balaban J connectivity index is 1.77. The molecule has 7 heteroatoms. The number of carbonyl (C=O) groups excluding carboxylic acids is 3. The molecule has 140 valence electrons. The number of hydrogen-bond donors (Lipinski definition) is 0. The summed E-state index contributed by atoms with van der Waals surface area (Å²) >= 11 is 0. The van der Waals surface area contributed by atoms with Gasteiger partial charge in [0.25, 0.3) is 5.91 Å². The van der Waals surface area contributed by atoms with Crippen LogP contribution in [-0.2, 0) is 19.1 Å². The van der Waals surface area contributed by atoms with Gasteiger partial charge in [-0.3, -0.25) is 19.3 Å². The van der Waals surface area contributed by atoms with Gasteiger partial charge in [0.2, 0.25) is 5.91 Å². The highest BCUT2D eigenvalue weighted by Gasteiger charge is 2.45. The maximum Gasteiger partial charge on any atom is 0.310 e. The Morgan fingerprint density at radius 1 is 1.35 bits per heavy atom. The molecule has 2 amide bonds. The second-order valence-electron chi connectivity index (χ2n) is 6.83. The molecule has 2 atom stereocenters. The lowest BCUT2D eigenvalue weighted by molar-refractivity contribution is -0.150. The lowest BCUT2D eigenvalue weighted by Crippen LogP contribution is -2.48. The first-order valence-electron chi connectivity index (χ1n) is 8.96. The summed E-state index contributed by atoms with van der Waals surface area (Å²) in [6.07, 6.45) is 1.46. The molecule has 2 fully saturated rings. The van der Waals surface area contributed by atoms with Crippen molar-refractivity contribution in [1.82, 2.24) is 4.90 Å². The van der Waals surface area contributed by atoms with Crippen LogP contribution in [0, 0.1) is 18.7 Å². The van der Waals surface area contributed by atoms with Gasteiger partial charge >= 0.3 is 5.97 Å². The Morgan fingerprint density at radius 3 is 2.81 bits per heavy atom. The second-order valence-corrected chi connectivity index (χ2v) is 6.83. The number of esters is 1. The van der Waals surface area contributed by atoms with Gasteiger partial charge in [-0.15, -0.1) is 0 Å².